The molecule has 0 aromatic heterocycles. The Balaban J connectivity index is 3.33. The van der Waals surface area contributed by atoms with Crippen LogP contribution in [0.2, 0.25) is 5.02 Å². The van der Waals surface area contributed by atoms with Crippen LogP contribution >= 0.6 is 11.6 Å². The van der Waals surface area contributed by atoms with Gasteiger partial charge in [0.25, 0.3) is 0 Å². The maximum absolute atomic E-state index is 12.9. The Hall–Kier alpha value is -0.870. The molecular formula is C9H10ClF2NO. The molecule has 1 unspecified atom stereocenters. The van der Waals surface area contributed by atoms with Gasteiger partial charge in [-0.3, -0.25) is 0 Å². The summed E-state index contributed by atoms with van der Waals surface area (Å²) in [5, 5.41) is 8.81. The zero-order valence-electron chi connectivity index (χ0n) is 7.52. The summed E-state index contributed by atoms with van der Waals surface area (Å²) < 4.78 is 25.7. The second kappa shape index (κ2) is 4.11. The lowest BCUT2D eigenvalue weighted by atomic mass is 10.00. The molecule has 5 heteroatoms. The Bertz CT molecular complexity index is 357. The Morgan fingerprint density at radius 1 is 1.57 bits per heavy atom. The number of benzene rings is 1. The number of aromatic hydroxyl groups is 1. The molecule has 2 nitrogen and oxygen atoms in total. The van der Waals surface area contributed by atoms with Crippen LogP contribution in [0, 0.1) is 11.6 Å². The van der Waals surface area contributed by atoms with Gasteiger partial charge in [0.1, 0.15) is 10.8 Å². The van der Waals surface area contributed by atoms with Crippen molar-refractivity contribution in [2.75, 3.05) is 6.54 Å². The lowest BCUT2D eigenvalue weighted by Gasteiger charge is -2.12. The Morgan fingerprint density at radius 2 is 2.14 bits per heavy atom. The summed E-state index contributed by atoms with van der Waals surface area (Å²) in [6.45, 7) is 1.90. The van der Waals surface area contributed by atoms with Crippen molar-refractivity contribution in [2.45, 2.75) is 12.8 Å². The van der Waals surface area contributed by atoms with Gasteiger partial charge in [0.2, 0.25) is 0 Å². The van der Waals surface area contributed by atoms with E-state index in [1.807, 2.05) is 0 Å². The Labute approximate surface area is 85.3 Å². The Kier molecular flexibility index (Phi) is 3.29. The third kappa shape index (κ3) is 1.81. The minimum atomic E-state index is -1.24. The zero-order valence-corrected chi connectivity index (χ0v) is 8.28. The normalized spacial score (nSPS) is 12.9. The van der Waals surface area contributed by atoms with Crippen LogP contribution < -0.4 is 5.73 Å². The van der Waals surface area contributed by atoms with Gasteiger partial charge in [0, 0.05) is 5.56 Å². The number of rotatable bonds is 2. The van der Waals surface area contributed by atoms with E-state index in [2.05, 4.69) is 0 Å². The molecule has 0 saturated heterocycles. The third-order valence-electron chi connectivity index (χ3n) is 2.05. The lowest BCUT2D eigenvalue weighted by molar-refractivity contribution is 0.443. The third-order valence-corrected chi connectivity index (χ3v) is 2.40. The average molecular weight is 222 g/mol. The molecule has 0 aliphatic rings. The van der Waals surface area contributed by atoms with E-state index in [-0.39, 0.29) is 18.0 Å². The first-order valence-electron chi connectivity index (χ1n) is 4.05. The fourth-order valence-electron chi connectivity index (χ4n) is 1.11. The van der Waals surface area contributed by atoms with Gasteiger partial charge >= 0.3 is 0 Å². The van der Waals surface area contributed by atoms with Gasteiger partial charge in [-0.1, -0.05) is 18.5 Å². The Morgan fingerprint density at radius 3 is 2.64 bits per heavy atom. The van der Waals surface area contributed by atoms with E-state index in [1.165, 1.54) is 0 Å². The maximum Gasteiger partial charge on any atom is 0.181 e. The van der Waals surface area contributed by atoms with E-state index >= 15 is 0 Å². The molecule has 0 aliphatic heterocycles. The van der Waals surface area contributed by atoms with Gasteiger partial charge in [-0.2, -0.15) is 0 Å². The summed E-state index contributed by atoms with van der Waals surface area (Å²) in [6, 6.07) is 0.911. The van der Waals surface area contributed by atoms with Crippen LogP contribution in [-0.4, -0.2) is 11.7 Å². The van der Waals surface area contributed by atoms with Crippen LogP contribution in [0.5, 0.6) is 5.75 Å². The number of phenols is 1. The van der Waals surface area contributed by atoms with Gasteiger partial charge in [-0.15, -0.1) is 0 Å². The van der Waals surface area contributed by atoms with Gasteiger partial charge in [0.15, 0.2) is 11.6 Å². The van der Waals surface area contributed by atoms with Crippen molar-refractivity contribution in [1.82, 2.24) is 0 Å². The molecule has 0 spiro atoms. The topological polar surface area (TPSA) is 46.2 Å². The van der Waals surface area contributed by atoms with Gasteiger partial charge < -0.3 is 10.8 Å². The molecule has 1 aromatic rings. The highest BCUT2D eigenvalue weighted by Gasteiger charge is 2.19. The molecule has 0 fully saturated rings. The highest BCUT2D eigenvalue weighted by molar-refractivity contribution is 6.32. The van der Waals surface area contributed by atoms with E-state index in [1.54, 1.807) is 6.92 Å². The monoisotopic (exact) mass is 221 g/mol. The number of phenolic OH excluding ortho intramolecular Hbond substituents is 1. The van der Waals surface area contributed by atoms with Crippen LogP contribution in [0.15, 0.2) is 6.07 Å². The SMILES string of the molecule is CC(CN)c1cc(F)c(F)c(Cl)c1O. The summed E-state index contributed by atoms with van der Waals surface area (Å²) in [5.41, 5.74) is 5.56. The fraction of sp³-hybridized carbons (Fsp3) is 0.333. The molecule has 0 aliphatic carbocycles. The van der Waals surface area contributed by atoms with Crippen LogP contribution in [0.1, 0.15) is 18.4 Å². The average Bonchev–Trinajstić information content (AvgIpc) is 2.19. The first kappa shape index (κ1) is 11.2. The largest absolute Gasteiger partial charge is 0.506 e. The van der Waals surface area contributed by atoms with Crippen LogP contribution in [0.4, 0.5) is 8.78 Å². The number of nitrogens with two attached hydrogens (primary N) is 1. The fourth-order valence-corrected chi connectivity index (χ4v) is 1.31. The van der Waals surface area contributed by atoms with E-state index in [4.69, 9.17) is 17.3 Å². The van der Waals surface area contributed by atoms with Crippen LogP contribution in [0.3, 0.4) is 0 Å². The summed E-state index contributed by atoms with van der Waals surface area (Å²) in [5.74, 6) is -3.04. The first-order chi connectivity index (χ1) is 6.49. The quantitative estimate of drug-likeness (QED) is 0.754. The number of hydrogen-bond acceptors (Lipinski definition) is 2. The van der Waals surface area contributed by atoms with Crippen molar-refractivity contribution in [1.29, 1.82) is 0 Å². The molecular weight excluding hydrogens is 212 g/mol. The van der Waals surface area contributed by atoms with E-state index in [9.17, 15) is 13.9 Å². The summed E-state index contributed by atoms with van der Waals surface area (Å²) >= 11 is 5.38. The van der Waals surface area contributed by atoms with E-state index in [0.717, 1.165) is 6.07 Å². The minimum absolute atomic E-state index is 0.217. The minimum Gasteiger partial charge on any atom is -0.506 e. The molecule has 3 N–H and O–H groups in total. The van der Waals surface area contributed by atoms with Gasteiger partial charge in [-0.05, 0) is 18.5 Å². The second-order valence-corrected chi connectivity index (χ2v) is 3.44. The van der Waals surface area contributed by atoms with Crippen molar-refractivity contribution in [2.24, 2.45) is 5.73 Å². The zero-order chi connectivity index (χ0) is 10.9. The standard InChI is InChI=1S/C9H10ClF2NO/c1-4(3-13)5-2-6(11)8(12)7(10)9(5)14/h2,4,14H,3,13H2,1H3. The predicted molar refractivity (Wildman–Crippen MR) is 50.5 cm³/mol. The van der Waals surface area contributed by atoms with Crippen molar-refractivity contribution < 1.29 is 13.9 Å². The first-order valence-corrected chi connectivity index (χ1v) is 4.43. The van der Waals surface area contributed by atoms with Crippen LogP contribution in [0.25, 0.3) is 0 Å². The van der Waals surface area contributed by atoms with Gasteiger partial charge in [-0.25, -0.2) is 8.78 Å². The highest BCUT2D eigenvalue weighted by atomic mass is 35.5. The lowest BCUT2D eigenvalue weighted by Crippen LogP contribution is -2.10. The van der Waals surface area contributed by atoms with Crippen molar-refractivity contribution in [3.8, 4) is 5.75 Å². The molecule has 0 amide bonds. The highest BCUT2D eigenvalue weighted by Crippen LogP contribution is 2.35. The molecule has 78 valence electrons. The predicted octanol–water partition coefficient (Wildman–Crippen LogP) is 2.39. The van der Waals surface area contributed by atoms with Crippen LogP contribution in [-0.2, 0) is 0 Å². The van der Waals surface area contributed by atoms with E-state index < -0.39 is 22.4 Å². The molecule has 1 rings (SSSR count). The molecule has 0 bridgehead atoms. The molecule has 1 atom stereocenters. The summed E-state index contributed by atoms with van der Waals surface area (Å²) in [7, 11) is 0. The molecule has 14 heavy (non-hydrogen) atoms. The summed E-state index contributed by atoms with van der Waals surface area (Å²) in [6.07, 6.45) is 0. The van der Waals surface area contributed by atoms with Gasteiger partial charge in [0.05, 0.1) is 0 Å². The number of halogens is 3. The summed E-state index contributed by atoms with van der Waals surface area (Å²) in [4.78, 5) is 0. The second-order valence-electron chi connectivity index (χ2n) is 3.06. The van der Waals surface area contributed by atoms with Crippen molar-refractivity contribution >= 4 is 11.6 Å². The maximum atomic E-state index is 12.9. The molecule has 0 radical (unpaired) electrons. The molecule has 0 saturated carbocycles. The van der Waals surface area contributed by atoms with Crippen molar-refractivity contribution in [3.05, 3.63) is 28.3 Å². The smallest absolute Gasteiger partial charge is 0.181 e. The molecule has 1 aromatic carbocycles. The van der Waals surface area contributed by atoms with E-state index in [0.29, 0.717) is 0 Å². The number of hydrogen-bond donors (Lipinski definition) is 2. The molecule has 0 heterocycles. The van der Waals surface area contributed by atoms with Crippen molar-refractivity contribution in [3.63, 3.8) is 0 Å².